The smallest absolute Gasteiger partial charge is 0.0435 e. The van der Waals surface area contributed by atoms with Crippen LogP contribution in [0.15, 0.2) is 6.07 Å². The first-order valence-electron chi connectivity index (χ1n) is 5.59. The molecule has 0 aliphatic carbocycles. The van der Waals surface area contributed by atoms with Gasteiger partial charge in [-0.15, -0.1) is 11.3 Å². The third-order valence-corrected chi connectivity index (χ3v) is 5.26. The zero-order valence-electron chi connectivity index (χ0n) is 9.67. The van der Waals surface area contributed by atoms with Gasteiger partial charge in [-0.25, -0.2) is 0 Å². The summed E-state index contributed by atoms with van der Waals surface area (Å²) >= 11 is 4.09. The number of rotatable bonds is 3. The second-order valence-corrected chi connectivity index (χ2v) is 6.68. The lowest BCUT2D eigenvalue weighted by Crippen LogP contribution is -2.20. The summed E-state index contributed by atoms with van der Waals surface area (Å²) in [4.78, 5) is 3.16. The quantitative estimate of drug-likeness (QED) is 0.870. The number of hydrogen-bond acceptors (Lipinski definition) is 3. The molecule has 0 spiro atoms. The van der Waals surface area contributed by atoms with Gasteiger partial charge in [-0.1, -0.05) is 13.8 Å². The van der Waals surface area contributed by atoms with Crippen molar-refractivity contribution in [2.75, 3.05) is 12.8 Å². The molecule has 15 heavy (non-hydrogen) atoms. The van der Waals surface area contributed by atoms with Gasteiger partial charge >= 0.3 is 0 Å². The third kappa shape index (κ3) is 2.40. The molecule has 0 saturated heterocycles. The van der Waals surface area contributed by atoms with E-state index in [4.69, 9.17) is 0 Å². The van der Waals surface area contributed by atoms with Gasteiger partial charge in [0, 0.05) is 21.5 Å². The Morgan fingerprint density at radius 2 is 2.20 bits per heavy atom. The summed E-state index contributed by atoms with van der Waals surface area (Å²) in [6, 6.07) is 2.96. The molecule has 3 heteroatoms. The zero-order valence-corrected chi connectivity index (χ0v) is 11.3. The Balaban J connectivity index is 2.24. The Kier molecular flexibility index (Phi) is 3.75. The average Bonchev–Trinajstić information content (AvgIpc) is 2.61. The van der Waals surface area contributed by atoms with E-state index < -0.39 is 0 Å². The fraction of sp³-hybridized carbons (Fsp3) is 0.667. The van der Waals surface area contributed by atoms with E-state index in [9.17, 15) is 0 Å². The highest BCUT2D eigenvalue weighted by atomic mass is 32.2. The first-order valence-corrected chi connectivity index (χ1v) is 7.56. The second kappa shape index (κ2) is 4.89. The van der Waals surface area contributed by atoms with Crippen molar-refractivity contribution >= 4 is 23.1 Å². The largest absolute Gasteiger partial charge is 0.312 e. The van der Waals surface area contributed by atoms with Crippen molar-refractivity contribution in [3.05, 3.63) is 21.4 Å². The number of thioether (sulfide) groups is 1. The van der Waals surface area contributed by atoms with E-state index in [0.717, 1.165) is 0 Å². The summed E-state index contributed by atoms with van der Waals surface area (Å²) in [6.07, 6.45) is 1.28. The number of thiophene rings is 1. The molecule has 1 N–H and O–H groups in total. The van der Waals surface area contributed by atoms with Gasteiger partial charge in [0.15, 0.2) is 0 Å². The molecule has 1 aliphatic rings. The van der Waals surface area contributed by atoms with Gasteiger partial charge in [0.2, 0.25) is 0 Å². The van der Waals surface area contributed by atoms with E-state index in [2.05, 4.69) is 44.0 Å². The minimum absolute atomic E-state index is 0.533. The Bertz CT molecular complexity index is 307. The van der Waals surface area contributed by atoms with Crippen LogP contribution in [0, 0.1) is 5.92 Å². The molecule has 1 aromatic rings. The van der Waals surface area contributed by atoms with Gasteiger partial charge in [-0.05, 0) is 36.8 Å². The summed E-state index contributed by atoms with van der Waals surface area (Å²) < 4.78 is 0. The molecule has 0 aromatic carbocycles. The van der Waals surface area contributed by atoms with Crippen LogP contribution >= 0.6 is 23.1 Å². The van der Waals surface area contributed by atoms with Crippen molar-refractivity contribution in [1.29, 1.82) is 0 Å². The van der Waals surface area contributed by atoms with Crippen LogP contribution in [0.25, 0.3) is 0 Å². The number of fused-ring (bicyclic) bond motifs is 1. The van der Waals surface area contributed by atoms with Crippen LogP contribution in [-0.2, 0) is 12.2 Å². The maximum absolute atomic E-state index is 3.43. The molecule has 1 unspecified atom stereocenters. The minimum Gasteiger partial charge on any atom is -0.312 e. The van der Waals surface area contributed by atoms with Crippen LogP contribution in [0.1, 0.15) is 35.2 Å². The summed E-state index contributed by atoms with van der Waals surface area (Å²) in [7, 11) is 2.07. The molecule has 1 atom stereocenters. The van der Waals surface area contributed by atoms with Crippen LogP contribution < -0.4 is 5.32 Å². The molecule has 1 nitrogen and oxygen atoms in total. The molecule has 0 amide bonds. The van der Waals surface area contributed by atoms with E-state index in [1.807, 2.05) is 11.3 Å². The van der Waals surface area contributed by atoms with Crippen LogP contribution in [0.5, 0.6) is 0 Å². The van der Waals surface area contributed by atoms with E-state index in [0.29, 0.717) is 12.0 Å². The van der Waals surface area contributed by atoms with Crippen molar-refractivity contribution in [2.45, 2.75) is 32.1 Å². The predicted octanol–water partition coefficient (Wildman–Crippen LogP) is 3.45. The zero-order chi connectivity index (χ0) is 10.8. The molecule has 0 saturated carbocycles. The van der Waals surface area contributed by atoms with Crippen molar-refractivity contribution in [3.63, 3.8) is 0 Å². The van der Waals surface area contributed by atoms with E-state index >= 15 is 0 Å². The molecule has 2 rings (SSSR count). The van der Waals surface area contributed by atoms with Crippen molar-refractivity contribution in [2.24, 2.45) is 5.92 Å². The fourth-order valence-corrected chi connectivity index (χ4v) is 4.79. The standard InChI is InChI=1S/C12H19NS2/c1-8(2)12(13-3)11-6-9-7-14-5-4-10(9)15-11/h6,8,12-13H,4-5,7H2,1-3H3. The van der Waals surface area contributed by atoms with Gasteiger partial charge in [0.1, 0.15) is 0 Å². The SMILES string of the molecule is CNC(c1cc2c(s1)CCSC2)C(C)C. The second-order valence-electron chi connectivity index (χ2n) is 4.41. The molecular weight excluding hydrogens is 222 g/mol. The van der Waals surface area contributed by atoms with Crippen molar-refractivity contribution < 1.29 is 0 Å². The molecule has 84 valence electrons. The summed E-state index contributed by atoms with van der Waals surface area (Å²) in [5.74, 6) is 3.20. The topological polar surface area (TPSA) is 12.0 Å². The highest BCUT2D eigenvalue weighted by Gasteiger charge is 2.20. The molecule has 0 radical (unpaired) electrons. The Labute approximate surface area is 101 Å². The molecule has 1 aromatic heterocycles. The Hall–Kier alpha value is 0.01000. The molecule has 0 fully saturated rings. The van der Waals surface area contributed by atoms with Crippen molar-refractivity contribution in [1.82, 2.24) is 5.32 Å². The lowest BCUT2D eigenvalue weighted by molar-refractivity contribution is 0.449. The van der Waals surface area contributed by atoms with Gasteiger partial charge < -0.3 is 5.32 Å². The maximum atomic E-state index is 3.43. The van der Waals surface area contributed by atoms with Gasteiger partial charge in [-0.3, -0.25) is 0 Å². The average molecular weight is 241 g/mol. The number of nitrogens with one attached hydrogen (secondary N) is 1. The van der Waals surface area contributed by atoms with Gasteiger partial charge in [0.05, 0.1) is 0 Å². The first kappa shape index (κ1) is 11.5. The Morgan fingerprint density at radius 3 is 2.80 bits per heavy atom. The first-order chi connectivity index (χ1) is 7.22. The fourth-order valence-electron chi connectivity index (χ4n) is 2.13. The van der Waals surface area contributed by atoms with Crippen LogP contribution in [0.4, 0.5) is 0 Å². The summed E-state index contributed by atoms with van der Waals surface area (Å²) in [5.41, 5.74) is 1.59. The molecular formula is C12H19NS2. The van der Waals surface area contributed by atoms with E-state index in [-0.39, 0.29) is 0 Å². The van der Waals surface area contributed by atoms with Crippen LogP contribution in [0.3, 0.4) is 0 Å². The highest BCUT2D eigenvalue weighted by molar-refractivity contribution is 7.98. The summed E-state index contributed by atoms with van der Waals surface area (Å²) in [5, 5.41) is 3.43. The molecule has 2 heterocycles. The predicted molar refractivity (Wildman–Crippen MR) is 70.8 cm³/mol. The van der Waals surface area contributed by atoms with Gasteiger partial charge in [-0.2, -0.15) is 11.8 Å². The van der Waals surface area contributed by atoms with Crippen molar-refractivity contribution in [3.8, 4) is 0 Å². The number of hydrogen-bond donors (Lipinski definition) is 1. The maximum Gasteiger partial charge on any atom is 0.0435 e. The third-order valence-electron chi connectivity index (χ3n) is 2.93. The highest BCUT2D eigenvalue weighted by Crippen LogP contribution is 2.36. The summed E-state index contributed by atoms with van der Waals surface area (Å²) in [6.45, 7) is 4.57. The lowest BCUT2D eigenvalue weighted by Gasteiger charge is -2.18. The monoisotopic (exact) mass is 241 g/mol. The lowest BCUT2D eigenvalue weighted by atomic mass is 10.0. The van der Waals surface area contributed by atoms with Crippen LogP contribution in [0.2, 0.25) is 0 Å². The molecule has 0 bridgehead atoms. The Morgan fingerprint density at radius 1 is 1.40 bits per heavy atom. The minimum atomic E-state index is 0.533. The van der Waals surface area contributed by atoms with E-state index in [1.165, 1.54) is 22.8 Å². The number of aryl methyl sites for hydroxylation is 1. The van der Waals surface area contributed by atoms with Crippen LogP contribution in [-0.4, -0.2) is 12.8 Å². The van der Waals surface area contributed by atoms with Gasteiger partial charge in [0.25, 0.3) is 0 Å². The molecule has 1 aliphatic heterocycles. The van der Waals surface area contributed by atoms with E-state index in [1.54, 1.807) is 10.4 Å². The normalized spacial score (nSPS) is 17.9.